The molecule has 14 rings (SSSR count). The lowest BCUT2D eigenvalue weighted by atomic mass is 10.2. The fraction of sp³-hybridized carbons (Fsp3) is 0.282. The molecule has 0 bridgehead atoms. The maximum atomic E-state index is 11.1. The van der Waals surface area contributed by atoms with Crippen molar-refractivity contribution in [2.45, 2.75) is 0 Å². The molecule has 0 amide bonds. The van der Waals surface area contributed by atoms with E-state index in [1.165, 1.54) is 65.0 Å². The smallest absolute Gasteiger partial charge is 0.363 e. The molecule has 2 aromatic carbocycles. The third-order valence-corrected chi connectivity index (χ3v) is 20.4. The zero-order valence-electron chi connectivity index (χ0n) is 60.3. The summed E-state index contributed by atoms with van der Waals surface area (Å²) in [6, 6.07) is 35.1. The number of fused-ring (bicyclic) bond motifs is 2. The zero-order valence-corrected chi connectivity index (χ0v) is 82.2. The number of nitrogens with one attached hydrogen (secondary N) is 4. The van der Waals surface area contributed by atoms with E-state index in [9.17, 15) is 39.4 Å². The second kappa shape index (κ2) is 54.6. The minimum Gasteiger partial charge on any atom is -0.384 e. The van der Waals surface area contributed by atoms with Crippen LogP contribution in [0.4, 0.5) is 28.8 Å². The highest BCUT2D eigenvalue weighted by atomic mass is 127. The molecular formula is C71H82Br7I5N18O8. The number of hydrogen-bond donors (Lipinski definition) is 5. The summed E-state index contributed by atoms with van der Waals surface area (Å²) in [4.78, 5) is 97.6. The number of halogens is 12. The number of pyridine rings is 7. The first-order valence-corrected chi connectivity index (χ1v) is 45.4. The highest BCUT2D eigenvalue weighted by Gasteiger charge is 2.17. The van der Waals surface area contributed by atoms with Crippen LogP contribution in [0.1, 0.15) is 0 Å². The Balaban J connectivity index is 0.000000315. The normalized spacial score (nSPS) is 12.8. The van der Waals surface area contributed by atoms with Gasteiger partial charge in [0.25, 0.3) is 16.7 Å². The first kappa shape index (κ1) is 99.0. The number of alkyl halides is 2. The molecule has 3 fully saturated rings. The van der Waals surface area contributed by atoms with Crippen molar-refractivity contribution in [3.63, 3.8) is 0 Å². The number of H-pyrrole nitrogens is 3. The van der Waals surface area contributed by atoms with Crippen molar-refractivity contribution < 1.29 is 9.85 Å². The van der Waals surface area contributed by atoms with Gasteiger partial charge in [-0.25, -0.2) is 4.98 Å². The van der Waals surface area contributed by atoms with Gasteiger partial charge in [-0.1, -0.05) is 77.0 Å². The maximum Gasteiger partial charge on any atom is 0.363 e. The lowest BCUT2D eigenvalue weighted by Crippen LogP contribution is -2.44. The Hall–Kier alpha value is -4.18. The van der Waals surface area contributed by atoms with Gasteiger partial charge in [0.15, 0.2) is 12.4 Å². The van der Waals surface area contributed by atoms with E-state index in [0.29, 0.717) is 9.39 Å². The number of benzene rings is 2. The van der Waals surface area contributed by atoms with Crippen LogP contribution >= 0.6 is 224 Å². The first-order valence-electron chi connectivity index (χ1n) is 32.3. The zero-order chi connectivity index (χ0) is 81.3. The van der Waals surface area contributed by atoms with E-state index in [0.717, 1.165) is 110 Å². The number of aromatic amines is 3. The van der Waals surface area contributed by atoms with Gasteiger partial charge in [-0.3, -0.25) is 19.2 Å². The van der Waals surface area contributed by atoms with Gasteiger partial charge >= 0.3 is 11.6 Å². The van der Waals surface area contributed by atoms with E-state index in [4.69, 9.17) is 5.73 Å². The predicted molar refractivity (Wildman–Crippen MR) is 511 cm³/mol. The van der Waals surface area contributed by atoms with Gasteiger partial charge in [-0.15, -0.1) is 0 Å². The molecule has 12 heterocycles. The number of nitrogens with zero attached hydrogens (tertiary/aromatic N) is 13. The van der Waals surface area contributed by atoms with Crippen molar-refractivity contribution >= 4 is 275 Å². The second-order valence-corrected chi connectivity index (χ2v) is 32.7. The van der Waals surface area contributed by atoms with Crippen LogP contribution in [0.25, 0.3) is 21.8 Å². The number of hydrogen-bond acceptors (Lipinski definition) is 18. The molecular weight excluding hydrogens is 2430 g/mol. The van der Waals surface area contributed by atoms with E-state index in [1.807, 2.05) is 108 Å². The molecule has 6 N–H and O–H groups in total. The van der Waals surface area contributed by atoms with E-state index < -0.39 is 9.85 Å². The molecule has 0 unspecified atom stereocenters. The number of piperazine rings is 3. The molecule has 588 valence electrons. The van der Waals surface area contributed by atoms with E-state index in [2.05, 4.69) is 298 Å². The molecule has 0 aliphatic carbocycles. The van der Waals surface area contributed by atoms with Crippen LogP contribution < -0.4 is 43.1 Å². The van der Waals surface area contributed by atoms with E-state index in [-0.39, 0.29) is 33.9 Å². The average Bonchev–Trinajstić information content (AvgIpc) is 1.79. The number of aryl methyl sites for hydroxylation is 3. The van der Waals surface area contributed by atoms with Gasteiger partial charge in [0, 0.05) is 204 Å². The van der Waals surface area contributed by atoms with Crippen LogP contribution in [0.3, 0.4) is 0 Å². The van der Waals surface area contributed by atoms with Crippen molar-refractivity contribution in [3.05, 3.63) is 275 Å². The quantitative estimate of drug-likeness (QED) is 0.0473. The van der Waals surface area contributed by atoms with Gasteiger partial charge in [0.2, 0.25) is 5.56 Å². The first-order chi connectivity index (χ1) is 51.8. The van der Waals surface area contributed by atoms with Crippen LogP contribution in [0.5, 0.6) is 0 Å². The minimum atomic E-state index is -0.535. The molecule has 3 aliphatic heterocycles. The summed E-state index contributed by atoms with van der Waals surface area (Å²) in [6.07, 6.45) is 15.5. The summed E-state index contributed by atoms with van der Waals surface area (Å²) in [5, 5.41) is 26.3. The van der Waals surface area contributed by atoms with Crippen molar-refractivity contribution in [2.75, 3.05) is 125 Å². The highest BCUT2D eigenvalue weighted by Crippen LogP contribution is 2.22. The number of nitrogen functional groups attached to an aromatic ring is 1. The number of nitro groups is 2. The number of nitrogens with two attached hydrogens (primary N) is 1. The van der Waals surface area contributed by atoms with E-state index >= 15 is 0 Å². The second-order valence-electron chi connectivity index (χ2n) is 22.8. The third kappa shape index (κ3) is 39.1. The molecule has 9 aromatic heterocycles. The highest BCUT2D eigenvalue weighted by molar-refractivity contribution is 14.1. The number of aromatic nitrogens is 9. The minimum absolute atomic E-state index is 0.0428. The fourth-order valence-electron chi connectivity index (χ4n) is 9.00. The molecule has 3 saturated heterocycles. The fourth-order valence-corrected chi connectivity index (χ4v) is 14.9. The molecule has 0 radical (unpaired) electrons. The molecule has 109 heavy (non-hydrogen) atoms. The molecule has 0 spiro atoms. The standard InChI is InChI=1S/C10H14N4O2.C10H16N4.C9H8BrN.C8H6BrN.2C6H5BrINO.C5H3BrINO.C5H3BrN2O2.C5H4BrNO.C5H12N2.2CH3I/c1-12-4-6-13(7-5-12)9-2-3-10(11-8-9)14(15)16;1-13-4-6-14(7-5-13)9-2-3-10(11)12-8-9;1-11-5-4-7-6-8(10)2-3-9(7)11;9-7-1-2-8-6(5-7)3-4-10-8;2*1-9-3-4(7)2-5(8)6(9)10;6-3-1-4(7)5(9)8-2-3;6-4-1-2-5(7-3-4)8(9)10;6-4-1-2-5(8)7-3-4;1-7-4-2-6-3-5-7;2*1-2/h2-3,8H,4-7H2,1H3;2-3,8H,4-7H2,1H3,(H2,11,12);2-6H,1H3;1-5,10H;2*2-3H,1H3;1-2H,(H,8,9);1-3H;1-3H,(H,7,8);6H,2-5H2,1H3;2*1H3. The van der Waals surface area contributed by atoms with Crippen molar-refractivity contribution in [3.8, 4) is 0 Å². The number of likely N-dealkylation sites (N-methyl/N-ethyl adjacent to an activating group) is 3. The monoisotopic (exact) mass is 2500 g/mol. The van der Waals surface area contributed by atoms with Crippen molar-refractivity contribution in [2.24, 2.45) is 21.1 Å². The van der Waals surface area contributed by atoms with Crippen LogP contribution in [-0.4, -0.2) is 178 Å². The molecule has 0 saturated carbocycles. The Morgan fingerprint density at radius 2 is 0.890 bits per heavy atom. The van der Waals surface area contributed by atoms with Crippen LogP contribution in [0, 0.1) is 30.9 Å². The van der Waals surface area contributed by atoms with Crippen molar-refractivity contribution in [1.29, 1.82) is 0 Å². The summed E-state index contributed by atoms with van der Waals surface area (Å²) >= 11 is 33.2. The topological polar surface area (TPSA) is 310 Å². The summed E-state index contributed by atoms with van der Waals surface area (Å²) in [5.41, 5.74) is 10.1. The SMILES string of the molecule is Brc1ccc2[nH]ccc2c1.CI.CI.CN1CCN(c2ccc(N)nc2)CC1.CN1CCN(c2ccc([N+](=O)[O-])nc2)CC1.CN1CCNCC1.Cn1cc(Br)cc(I)c1=O.Cn1cc(Br)cc(I)c1=O.Cn1ccc2cc(Br)ccc21.O=[N+]([O-])c1ccc(Br)cn1.O=c1[nH]cc(Br)cc1I.O=c1ccc(Br)c[nH]1. The Morgan fingerprint density at radius 3 is 1.30 bits per heavy atom. The maximum absolute atomic E-state index is 11.1. The largest absolute Gasteiger partial charge is 0.384 e. The number of anilines is 3. The van der Waals surface area contributed by atoms with Gasteiger partial charge in [-0.2, -0.15) is 0 Å². The molecule has 11 aromatic rings. The van der Waals surface area contributed by atoms with Crippen LogP contribution in [-0.2, 0) is 21.1 Å². The summed E-state index contributed by atoms with van der Waals surface area (Å²) in [6.45, 7) is 13.0. The lowest BCUT2D eigenvalue weighted by molar-refractivity contribution is -0.389. The third-order valence-electron chi connectivity index (χ3n) is 14.8. The average molecular weight is 2510 g/mol. The van der Waals surface area contributed by atoms with Gasteiger partial charge in [0.1, 0.15) is 5.82 Å². The Kier molecular flexibility index (Phi) is 49.6. The van der Waals surface area contributed by atoms with E-state index in [1.54, 1.807) is 90.6 Å². The van der Waals surface area contributed by atoms with Crippen LogP contribution in [0.15, 0.2) is 222 Å². The lowest BCUT2D eigenvalue weighted by Gasteiger charge is -2.33. The Morgan fingerprint density at radius 1 is 0.440 bits per heavy atom. The van der Waals surface area contributed by atoms with Crippen LogP contribution in [0.2, 0.25) is 0 Å². The molecule has 38 heteroatoms. The van der Waals surface area contributed by atoms with Crippen molar-refractivity contribution in [1.82, 2.24) is 63.6 Å². The summed E-state index contributed by atoms with van der Waals surface area (Å²) < 4.78 is 14.0. The Labute approximate surface area is 759 Å². The van der Waals surface area contributed by atoms with Gasteiger partial charge < -0.3 is 84.4 Å². The summed E-state index contributed by atoms with van der Waals surface area (Å²) in [5.74, 6) is 0.351. The number of rotatable bonds is 4. The molecule has 3 aliphatic rings. The van der Waals surface area contributed by atoms with Gasteiger partial charge in [0.05, 0.1) is 32.8 Å². The Bertz CT molecular complexity index is 4640. The summed E-state index contributed by atoms with van der Waals surface area (Å²) in [7, 11) is 11.9. The van der Waals surface area contributed by atoms with Gasteiger partial charge in [-0.05, 0) is 295 Å². The predicted octanol–water partition coefficient (Wildman–Crippen LogP) is 16.8. The molecule has 26 nitrogen and oxygen atoms in total. The molecule has 0 atom stereocenters.